The molecule has 0 bridgehead atoms. The Balaban J connectivity index is 2.33. The van der Waals surface area contributed by atoms with Crippen LogP contribution in [0.5, 0.6) is 0 Å². The van der Waals surface area contributed by atoms with E-state index >= 15 is 0 Å². The molecule has 0 atom stereocenters. The van der Waals surface area contributed by atoms with Gasteiger partial charge in [-0.2, -0.15) is 0 Å². The van der Waals surface area contributed by atoms with Crippen LogP contribution in [0.3, 0.4) is 0 Å². The number of unbranched alkanes of at least 4 members (excludes halogenated alkanes) is 1. The third kappa shape index (κ3) is 2.11. The Morgan fingerprint density at radius 3 is 3.12 bits per heavy atom. The van der Waals surface area contributed by atoms with Gasteiger partial charge in [0, 0.05) is 6.20 Å². The van der Waals surface area contributed by atoms with Gasteiger partial charge in [0.05, 0.1) is 0 Å². The number of pyridine rings is 1. The number of fused-ring (bicyclic) bond motifs is 1. The molecule has 0 amide bonds. The Bertz CT molecular complexity index is 493. The van der Waals surface area contributed by atoms with Crippen LogP contribution in [0.2, 0.25) is 0 Å². The lowest BCUT2D eigenvalue weighted by Gasteiger charge is -1.96. The van der Waals surface area contributed by atoms with Crippen LogP contribution in [0, 0.1) is 0 Å². The average molecular weight is 234 g/mol. The van der Waals surface area contributed by atoms with Crippen LogP contribution >= 0.6 is 11.8 Å². The van der Waals surface area contributed by atoms with Gasteiger partial charge in [-0.1, -0.05) is 19.4 Å². The standard InChI is InChI=1S/C12H14N2OS/c1-2-3-8-16-12-10(9-15)14-7-5-4-6-11(14)13-12/h4-7,9H,2-3,8H2,1H3. The van der Waals surface area contributed by atoms with Gasteiger partial charge >= 0.3 is 0 Å². The van der Waals surface area contributed by atoms with Crippen LogP contribution in [0.25, 0.3) is 5.65 Å². The molecular weight excluding hydrogens is 220 g/mol. The van der Waals surface area contributed by atoms with E-state index in [-0.39, 0.29) is 0 Å². The maximum Gasteiger partial charge on any atom is 0.169 e. The van der Waals surface area contributed by atoms with Crippen LogP contribution in [-0.4, -0.2) is 21.4 Å². The monoisotopic (exact) mass is 234 g/mol. The highest BCUT2D eigenvalue weighted by molar-refractivity contribution is 7.99. The molecule has 3 nitrogen and oxygen atoms in total. The molecule has 0 aromatic carbocycles. The lowest BCUT2D eigenvalue weighted by Crippen LogP contribution is -1.91. The quantitative estimate of drug-likeness (QED) is 0.453. The first-order valence-electron chi connectivity index (χ1n) is 5.42. The molecule has 0 saturated heterocycles. The predicted molar refractivity (Wildman–Crippen MR) is 66.2 cm³/mol. The zero-order chi connectivity index (χ0) is 11.4. The molecule has 16 heavy (non-hydrogen) atoms. The maximum absolute atomic E-state index is 11.1. The minimum Gasteiger partial charge on any atom is -0.296 e. The normalized spacial score (nSPS) is 10.8. The zero-order valence-corrected chi connectivity index (χ0v) is 10.0. The number of imidazole rings is 1. The van der Waals surface area contributed by atoms with Gasteiger partial charge in [-0.05, 0) is 24.3 Å². The second-order valence-electron chi connectivity index (χ2n) is 3.55. The Labute approximate surface area is 98.9 Å². The molecule has 2 aromatic heterocycles. The first kappa shape index (κ1) is 11.2. The largest absolute Gasteiger partial charge is 0.296 e. The summed E-state index contributed by atoms with van der Waals surface area (Å²) in [6.45, 7) is 2.16. The third-order valence-electron chi connectivity index (χ3n) is 2.38. The number of thioether (sulfide) groups is 1. The van der Waals surface area contributed by atoms with Crippen molar-refractivity contribution in [1.29, 1.82) is 0 Å². The Hall–Kier alpha value is -1.29. The van der Waals surface area contributed by atoms with Crippen molar-refractivity contribution in [1.82, 2.24) is 9.38 Å². The maximum atomic E-state index is 11.1. The van der Waals surface area contributed by atoms with Crippen molar-refractivity contribution in [2.24, 2.45) is 0 Å². The molecule has 84 valence electrons. The highest BCUT2D eigenvalue weighted by atomic mass is 32.2. The van der Waals surface area contributed by atoms with E-state index in [9.17, 15) is 4.79 Å². The number of carbonyl (C=O) groups excluding carboxylic acids is 1. The highest BCUT2D eigenvalue weighted by Crippen LogP contribution is 2.23. The predicted octanol–water partition coefficient (Wildman–Crippen LogP) is 3.04. The summed E-state index contributed by atoms with van der Waals surface area (Å²) in [5.74, 6) is 1.02. The fraction of sp³-hybridized carbons (Fsp3) is 0.333. The van der Waals surface area contributed by atoms with E-state index in [1.165, 1.54) is 0 Å². The second-order valence-corrected chi connectivity index (χ2v) is 4.63. The van der Waals surface area contributed by atoms with Gasteiger partial charge in [0.15, 0.2) is 6.29 Å². The van der Waals surface area contributed by atoms with E-state index in [1.807, 2.05) is 28.8 Å². The van der Waals surface area contributed by atoms with E-state index < -0.39 is 0 Å². The fourth-order valence-electron chi connectivity index (χ4n) is 1.52. The summed E-state index contributed by atoms with van der Waals surface area (Å²) in [5, 5.41) is 0.842. The molecule has 0 aliphatic rings. The molecule has 4 heteroatoms. The minimum atomic E-state index is 0.664. The van der Waals surface area contributed by atoms with E-state index in [1.54, 1.807) is 11.8 Å². The van der Waals surface area contributed by atoms with Crippen molar-refractivity contribution >= 4 is 23.7 Å². The summed E-state index contributed by atoms with van der Waals surface area (Å²) < 4.78 is 1.83. The van der Waals surface area contributed by atoms with Gasteiger partial charge < -0.3 is 0 Å². The molecule has 0 spiro atoms. The van der Waals surface area contributed by atoms with E-state index in [0.29, 0.717) is 5.69 Å². The summed E-state index contributed by atoms with van der Waals surface area (Å²) in [6.07, 6.45) is 5.07. The molecule has 0 radical (unpaired) electrons. The molecule has 0 unspecified atom stereocenters. The van der Waals surface area contributed by atoms with Crippen molar-refractivity contribution in [3.05, 3.63) is 30.1 Å². The number of aldehydes is 1. The molecule has 0 aliphatic carbocycles. The first-order chi connectivity index (χ1) is 7.86. The van der Waals surface area contributed by atoms with Crippen molar-refractivity contribution < 1.29 is 4.79 Å². The molecule has 2 heterocycles. The van der Waals surface area contributed by atoms with Crippen molar-refractivity contribution in [3.63, 3.8) is 0 Å². The topological polar surface area (TPSA) is 34.4 Å². The van der Waals surface area contributed by atoms with Gasteiger partial charge in [-0.15, -0.1) is 11.8 Å². The summed E-state index contributed by atoms with van der Waals surface area (Å²) in [4.78, 5) is 15.5. The van der Waals surface area contributed by atoms with Gasteiger partial charge in [0.2, 0.25) is 0 Å². The number of nitrogens with zero attached hydrogens (tertiary/aromatic N) is 2. The molecule has 0 N–H and O–H groups in total. The average Bonchev–Trinajstić information content (AvgIpc) is 2.67. The van der Waals surface area contributed by atoms with Crippen molar-refractivity contribution in [3.8, 4) is 0 Å². The SMILES string of the molecule is CCCCSc1nc2ccccn2c1C=O. The number of hydrogen-bond donors (Lipinski definition) is 0. The molecule has 0 saturated carbocycles. The molecule has 2 rings (SSSR count). The van der Waals surface area contributed by atoms with Gasteiger partial charge in [0.1, 0.15) is 16.4 Å². The van der Waals surface area contributed by atoms with Crippen LogP contribution in [0.1, 0.15) is 30.3 Å². The summed E-state index contributed by atoms with van der Waals surface area (Å²) >= 11 is 1.66. The number of hydrogen-bond acceptors (Lipinski definition) is 3. The van der Waals surface area contributed by atoms with Crippen LogP contribution in [0.4, 0.5) is 0 Å². The van der Waals surface area contributed by atoms with Crippen LogP contribution in [-0.2, 0) is 0 Å². The smallest absolute Gasteiger partial charge is 0.169 e. The number of rotatable bonds is 5. The van der Waals surface area contributed by atoms with E-state index in [2.05, 4.69) is 11.9 Å². The van der Waals surface area contributed by atoms with E-state index in [4.69, 9.17) is 0 Å². The lowest BCUT2D eigenvalue weighted by molar-refractivity contribution is 0.111. The summed E-state index contributed by atoms with van der Waals surface area (Å²) in [5.41, 5.74) is 1.50. The Morgan fingerprint density at radius 2 is 2.38 bits per heavy atom. The van der Waals surface area contributed by atoms with Crippen LogP contribution < -0.4 is 0 Å². The summed E-state index contributed by atoms with van der Waals surface area (Å²) in [7, 11) is 0. The third-order valence-corrected chi connectivity index (χ3v) is 3.45. The van der Waals surface area contributed by atoms with E-state index in [0.717, 1.165) is 35.6 Å². The van der Waals surface area contributed by atoms with Gasteiger partial charge in [-0.25, -0.2) is 4.98 Å². The van der Waals surface area contributed by atoms with Gasteiger partial charge in [0.25, 0.3) is 0 Å². The minimum absolute atomic E-state index is 0.664. The lowest BCUT2D eigenvalue weighted by atomic mass is 10.4. The second kappa shape index (κ2) is 5.16. The number of carbonyl (C=O) groups is 1. The Kier molecular flexibility index (Phi) is 3.62. The zero-order valence-electron chi connectivity index (χ0n) is 9.22. The molecule has 2 aromatic rings. The molecule has 0 fully saturated rings. The summed E-state index contributed by atoms with van der Waals surface area (Å²) in [6, 6.07) is 5.75. The van der Waals surface area contributed by atoms with Crippen molar-refractivity contribution in [2.75, 3.05) is 5.75 Å². The van der Waals surface area contributed by atoms with Crippen molar-refractivity contribution in [2.45, 2.75) is 24.8 Å². The highest BCUT2D eigenvalue weighted by Gasteiger charge is 2.10. The van der Waals surface area contributed by atoms with Gasteiger partial charge in [-0.3, -0.25) is 9.20 Å². The molecular formula is C12H14N2OS. The fourth-order valence-corrected chi connectivity index (χ4v) is 2.60. The van der Waals surface area contributed by atoms with Crippen LogP contribution in [0.15, 0.2) is 29.4 Å². The number of aromatic nitrogens is 2. The Morgan fingerprint density at radius 1 is 1.50 bits per heavy atom. The molecule has 0 aliphatic heterocycles. The first-order valence-corrected chi connectivity index (χ1v) is 6.40.